The maximum absolute atomic E-state index is 12.3. The van der Waals surface area contributed by atoms with Crippen molar-refractivity contribution in [2.45, 2.75) is 38.3 Å². The molecule has 1 unspecified atom stereocenters. The van der Waals surface area contributed by atoms with Gasteiger partial charge in [0.2, 0.25) is 0 Å². The first kappa shape index (κ1) is 22.7. The number of alkyl carbamates (subject to hydrolysis) is 1. The molecule has 0 spiro atoms. The van der Waals surface area contributed by atoms with Crippen molar-refractivity contribution in [2.24, 2.45) is 5.73 Å². The molecule has 3 rings (SSSR count). The predicted octanol–water partition coefficient (Wildman–Crippen LogP) is 3.62. The molecule has 7 heteroatoms. The van der Waals surface area contributed by atoms with Gasteiger partial charge in [-0.3, -0.25) is 0 Å². The maximum Gasteiger partial charge on any atom is 0.407 e. The van der Waals surface area contributed by atoms with Crippen LogP contribution < -0.4 is 11.1 Å². The fraction of sp³-hybridized carbons (Fsp3) is 0.364. The zero-order chi connectivity index (χ0) is 20.3. The highest BCUT2D eigenvalue weighted by molar-refractivity contribution is 5.85. The highest BCUT2D eigenvalue weighted by Gasteiger charge is 2.30. The summed E-state index contributed by atoms with van der Waals surface area (Å²) in [7, 11) is 0. The van der Waals surface area contributed by atoms with Gasteiger partial charge in [0.25, 0.3) is 0 Å². The van der Waals surface area contributed by atoms with E-state index in [0.717, 1.165) is 22.3 Å². The van der Waals surface area contributed by atoms with Crippen LogP contribution in [-0.4, -0.2) is 36.9 Å². The van der Waals surface area contributed by atoms with Crippen LogP contribution in [0.4, 0.5) is 4.79 Å². The highest BCUT2D eigenvalue weighted by atomic mass is 35.5. The minimum Gasteiger partial charge on any atom is -0.458 e. The molecule has 29 heavy (non-hydrogen) atoms. The number of rotatable bonds is 5. The number of carbonyl (C=O) groups is 2. The number of ether oxygens (including phenoxy) is 2. The number of hydrogen-bond donors (Lipinski definition) is 2. The van der Waals surface area contributed by atoms with Crippen molar-refractivity contribution in [3.63, 3.8) is 0 Å². The summed E-state index contributed by atoms with van der Waals surface area (Å²) in [6, 6.07) is 15.2. The molecule has 0 fully saturated rings. The molecule has 1 aliphatic rings. The van der Waals surface area contributed by atoms with Crippen LogP contribution in [0.3, 0.4) is 0 Å². The van der Waals surface area contributed by atoms with Crippen LogP contribution in [0.2, 0.25) is 0 Å². The lowest BCUT2D eigenvalue weighted by atomic mass is 9.98. The van der Waals surface area contributed by atoms with E-state index in [1.807, 2.05) is 36.4 Å². The van der Waals surface area contributed by atoms with Crippen molar-refractivity contribution in [2.75, 3.05) is 13.2 Å². The molecule has 0 saturated heterocycles. The van der Waals surface area contributed by atoms with E-state index in [-0.39, 0.29) is 31.5 Å². The lowest BCUT2D eigenvalue weighted by Gasteiger charge is -2.24. The summed E-state index contributed by atoms with van der Waals surface area (Å²) >= 11 is 0. The summed E-state index contributed by atoms with van der Waals surface area (Å²) in [4.78, 5) is 24.4. The topological polar surface area (TPSA) is 90.6 Å². The standard InChI is InChI=1S/C22H26N2O4.ClH/c1-22(2,3)28-20(25)19(12-23)24-21(26)27-13-18-16-10-6-4-8-14(16)15-9-5-7-11-17(15)18;/h4-11,18-19H,12-13,23H2,1-3H3,(H,24,26);1H. The molecule has 0 bridgehead atoms. The minimum atomic E-state index is -0.949. The van der Waals surface area contributed by atoms with E-state index in [4.69, 9.17) is 15.2 Å². The van der Waals surface area contributed by atoms with Gasteiger partial charge in [0.1, 0.15) is 18.2 Å². The van der Waals surface area contributed by atoms with E-state index < -0.39 is 23.7 Å². The molecule has 1 atom stereocenters. The first-order valence-electron chi connectivity index (χ1n) is 9.34. The normalized spacial score (nSPS) is 13.5. The number of nitrogens with two attached hydrogens (primary N) is 1. The molecular weight excluding hydrogens is 392 g/mol. The molecule has 1 aliphatic carbocycles. The Morgan fingerprint density at radius 2 is 1.55 bits per heavy atom. The number of halogens is 1. The number of fused-ring (bicyclic) bond motifs is 3. The first-order valence-corrected chi connectivity index (χ1v) is 9.34. The monoisotopic (exact) mass is 418 g/mol. The number of esters is 1. The van der Waals surface area contributed by atoms with Gasteiger partial charge >= 0.3 is 12.1 Å². The van der Waals surface area contributed by atoms with E-state index in [0.29, 0.717) is 0 Å². The number of nitrogens with one attached hydrogen (secondary N) is 1. The van der Waals surface area contributed by atoms with E-state index >= 15 is 0 Å². The van der Waals surface area contributed by atoms with Gasteiger partial charge < -0.3 is 20.5 Å². The van der Waals surface area contributed by atoms with Gasteiger partial charge in [-0.1, -0.05) is 48.5 Å². The number of benzene rings is 2. The average Bonchev–Trinajstić information content (AvgIpc) is 2.97. The molecule has 1 amide bonds. The number of hydrogen-bond acceptors (Lipinski definition) is 5. The zero-order valence-corrected chi connectivity index (χ0v) is 17.6. The van der Waals surface area contributed by atoms with Crippen molar-refractivity contribution in [3.8, 4) is 11.1 Å². The van der Waals surface area contributed by atoms with Gasteiger partial charge in [0.15, 0.2) is 0 Å². The van der Waals surface area contributed by atoms with E-state index in [9.17, 15) is 9.59 Å². The lowest BCUT2D eigenvalue weighted by molar-refractivity contribution is -0.157. The van der Waals surface area contributed by atoms with Crippen molar-refractivity contribution < 1.29 is 19.1 Å². The van der Waals surface area contributed by atoms with Crippen molar-refractivity contribution in [1.29, 1.82) is 0 Å². The third-order valence-electron chi connectivity index (χ3n) is 4.56. The summed E-state index contributed by atoms with van der Waals surface area (Å²) < 4.78 is 10.7. The second kappa shape index (κ2) is 9.29. The molecule has 0 aromatic heterocycles. The molecule has 0 heterocycles. The molecule has 2 aromatic rings. The SMILES string of the molecule is CC(C)(C)OC(=O)C(CN)NC(=O)OCC1c2ccccc2-c2ccccc21.Cl. The van der Waals surface area contributed by atoms with Gasteiger partial charge in [-0.25, -0.2) is 9.59 Å². The molecule has 0 radical (unpaired) electrons. The number of amides is 1. The second-order valence-electron chi connectivity index (χ2n) is 7.79. The van der Waals surface area contributed by atoms with Gasteiger partial charge in [-0.2, -0.15) is 0 Å². The Morgan fingerprint density at radius 3 is 2.03 bits per heavy atom. The van der Waals surface area contributed by atoms with Gasteiger partial charge in [0, 0.05) is 12.5 Å². The Kier molecular flexibility index (Phi) is 7.27. The average molecular weight is 419 g/mol. The Balaban J connectivity index is 0.00000300. The Morgan fingerprint density at radius 1 is 1.03 bits per heavy atom. The minimum absolute atomic E-state index is 0. The summed E-state index contributed by atoms with van der Waals surface area (Å²) in [6.07, 6.45) is -0.692. The first-order chi connectivity index (χ1) is 13.3. The van der Waals surface area contributed by atoms with Crippen LogP contribution in [0, 0.1) is 0 Å². The molecule has 0 aliphatic heterocycles. The summed E-state index contributed by atoms with van der Waals surface area (Å²) in [5, 5.41) is 2.50. The van der Waals surface area contributed by atoms with Crippen molar-refractivity contribution in [3.05, 3.63) is 59.7 Å². The molecule has 6 nitrogen and oxygen atoms in total. The smallest absolute Gasteiger partial charge is 0.407 e. The Labute approximate surface area is 177 Å². The van der Waals surface area contributed by atoms with Gasteiger partial charge in [-0.05, 0) is 43.0 Å². The molecule has 2 aromatic carbocycles. The lowest BCUT2D eigenvalue weighted by Crippen LogP contribution is -2.48. The van der Waals surface area contributed by atoms with Crippen LogP contribution in [0.25, 0.3) is 11.1 Å². The zero-order valence-electron chi connectivity index (χ0n) is 16.8. The Bertz CT molecular complexity index is 834. The van der Waals surface area contributed by atoms with Crippen LogP contribution >= 0.6 is 12.4 Å². The molecular formula is C22H27ClN2O4. The molecule has 156 valence electrons. The molecule has 3 N–H and O–H groups in total. The van der Waals surface area contributed by atoms with E-state index in [1.54, 1.807) is 20.8 Å². The highest BCUT2D eigenvalue weighted by Crippen LogP contribution is 2.44. The molecule has 0 saturated carbocycles. The summed E-state index contributed by atoms with van der Waals surface area (Å²) in [5.74, 6) is -0.625. The largest absolute Gasteiger partial charge is 0.458 e. The maximum atomic E-state index is 12.3. The van der Waals surface area contributed by atoms with Crippen LogP contribution in [0.1, 0.15) is 37.8 Å². The van der Waals surface area contributed by atoms with Crippen LogP contribution in [-0.2, 0) is 14.3 Å². The van der Waals surface area contributed by atoms with Crippen LogP contribution in [0.15, 0.2) is 48.5 Å². The van der Waals surface area contributed by atoms with E-state index in [1.165, 1.54) is 0 Å². The summed E-state index contributed by atoms with van der Waals surface area (Å²) in [6.45, 7) is 5.37. The van der Waals surface area contributed by atoms with Crippen LogP contribution in [0.5, 0.6) is 0 Å². The van der Waals surface area contributed by atoms with Crippen molar-refractivity contribution in [1.82, 2.24) is 5.32 Å². The van der Waals surface area contributed by atoms with Gasteiger partial charge in [0.05, 0.1) is 0 Å². The number of carbonyl (C=O) groups excluding carboxylic acids is 2. The van der Waals surface area contributed by atoms with Gasteiger partial charge in [-0.15, -0.1) is 12.4 Å². The van der Waals surface area contributed by atoms with Crippen molar-refractivity contribution >= 4 is 24.5 Å². The Hall–Kier alpha value is -2.57. The predicted molar refractivity (Wildman–Crippen MR) is 114 cm³/mol. The second-order valence-corrected chi connectivity index (χ2v) is 7.79. The summed E-state index contributed by atoms with van der Waals surface area (Å²) in [5.41, 5.74) is 9.51. The third-order valence-corrected chi connectivity index (χ3v) is 4.56. The quantitative estimate of drug-likeness (QED) is 0.724. The fourth-order valence-corrected chi connectivity index (χ4v) is 3.37. The third kappa shape index (κ3) is 5.28. The van der Waals surface area contributed by atoms with E-state index in [2.05, 4.69) is 17.4 Å². The fourth-order valence-electron chi connectivity index (χ4n) is 3.37.